The standard InChI is InChI=1S/C20H18ClN5O2S/c1-29-16-4-2-3-15(9-16)25-10-13(7-19(25)27)20(28)24-17-8-14(21)5-6-18(17)26-12-22-11-23-26/h2-6,8-9,11-13H,7,10H2,1H3,(H,24,28). The van der Waals surface area contributed by atoms with Gasteiger partial charge in [0.1, 0.15) is 12.7 Å². The summed E-state index contributed by atoms with van der Waals surface area (Å²) in [6.07, 6.45) is 5.10. The van der Waals surface area contributed by atoms with Crippen molar-refractivity contribution in [1.82, 2.24) is 14.8 Å². The molecule has 0 radical (unpaired) electrons. The van der Waals surface area contributed by atoms with Crippen molar-refractivity contribution in [3.8, 4) is 5.69 Å². The van der Waals surface area contributed by atoms with Crippen LogP contribution in [0, 0.1) is 5.92 Å². The molecule has 0 aliphatic carbocycles. The van der Waals surface area contributed by atoms with Crippen molar-refractivity contribution in [3.05, 3.63) is 60.1 Å². The van der Waals surface area contributed by atoms with E-state index in [2.05, 4.69) is 15.4 Å². The van der Waals surface area contributed by atoms with E-state index in [1.807, 2.05) is 30.5 Å². The minimum absolute atomic E-state index is 0.0639. The molecule has 148 valence electrons. The van der Waals surface area contributed by atoms with Crippen LogP contribution < -0.4 is 10.2 Å². The van der Waals surface area contributed by atoms with Gasteiger partial charge in [0.15, 0.2) is 0 Å². The van der Waals surface area contributed by atoms with E-state index in [1.54, 1.807) is 45.9 Å². The SMILES string of the molecule is CSc1cccc(N2CC(C(=O)Nc3cc(Cl)ccc3-n3cncn3)CC2=O)c1. The predicted molar refractivity (Wildman–Crippen MR) is 114 cm³/mol. The van der Waals surface area contributed by atoms with Gasteiger partial charge in [-0.2, -0.15) is 5.10 Å². The van der Waals surface area contributed by atoms with Crippen LogP contribution in [0.3, 0.4) is 0 Å². The third kappa shape index (κ3) is 4.13. The molecule has 7 nitrogen and oxygen atoms in total. The number of nitrogens with one attached hydrogen (secondary N) is 1. The maximum atomic E-state index is 12.9. The number of thioether (sulfide) groups is 1. The first-order valence-corrected chi connectivity index (χ1v) is 10.6. The lowest BCUT2D eigenvalue weighted by molar-refractivity contribution is -0.122. The number of amides is 2. The van der Waals surface area contributed by atoms with E-state index in [0.29, 0.717) is 22.9 Å². The summed E-state index contributed by atoms with van der Waals surface area (Å²) in [5.41, 5.74) is 1.97. The van der Waals surface area contributed by atoms with Crippen molar-refractivity contribution in [2.75, 3.05) is 23.0 Å². The summed E-state index contributed by atoms with van der Waals surface area (Å²) in [6.45, 7) is 0.335. The summed E-state index contributed by atoms with van der Waals surface area (Å²) in [6, 6.07) is 12.9. The molecule has 1 N–H and O–H groups in total. The van der Waals surface area contributed by atoms with Gasteiger partial charge in [-0.1, -0.05) is 17.7 Å². The first-order valence-electron chi connectivity index (χ1n) is 8.95. The Labute approximate surface area is 177 Å². The average molecular weight is 428 g/mol. The Morgan fingerprint density at radius 2 is 2.14 bits per heavy atom. The number of nitrogens with zero attached hydrogens (tertiary/aromatic N) is 4. The van der Waals surface area contributed by atoms with Crippen LogP contribution in [0.5, 0.6) is 0 Å². The summed E-state index contributed by atoms with van der Waals surface area (Å²) >= 11 is 7.73. The van der Waals surface area contributed by atoms with Gasteiger partial charge in [0.2, 0.25) is 11.8 Å². The Kier molecular flexibility index (Phi) is 5.55. The molecule has 29 heavy (non-hydrogen) atoms. The summed E-state index contributed by atoms with van der Waals surface area (Å²) in [5.74, 6) is -0.750. The van der Waals surface area contributed by atoms with Crippen LogP contribution in [0.4, 0.5) is 11.4 Å². The number of rotatable bonds is 5. The van der Waals surface area contributed by atoms with Crippen molar-refractivity contribution < 1.29 is 9.59 Å². The van der Waals surface area contributed by atoms with Crippen LogP contribution in [0.25, 0.3) is 5.69 Å². The molecule has 1 aliphatic rings. The smallest absolute Gasteiger partial charge is 0.229 e. The van der Waals surface area contributed by atoms with E-state index in [0.717, 1.165) is 10.6 Å². The van der Waals surface area contributed by atoms with Gasteiger partial charge in [-0.25, -0.2) is 9.67 Å². The Morgan fingerprint density at radius 1 is 1.28 bits per heavy atom. The molecule has 2 amide bonds. The number of hydrogen-bond donors (Lipinski definition) is 1. The fourth-order valence-corrected chi connectivity index (χ4v) is 3.91. The zero-order chi connectivity index (χ0) is 20.4. The van der Waals surface area contributed by atoms with Crippen molar-refractivity contribution in [2.45, 2.75) is 11.3 Å². The topological polar surface area (TPSA) is 80.1 Å². The number of aromatic nitrogens is 3. The van der Waals surface area contributed by atoms with Gasteiger partial charge >= 0.3 is 0 Å². The van der Waals surface area contributed by atoms with E-state index in [-0.39, 0.29) is 18.2 Å². The zero-order valence-corrected chi connectivity index (χ0v) is 17.2. The lowest BCUT2D eigenvalue weighted by Crippen LogP contribution is -2.28. The first-order chi connectivity index (χ1) is 14.0. The van der Waals surface area contributed by atoms with Crippen LogP contribution in [0.15, 0.2) is 60.0 Å². The Hall–Kier alpha value is -2.84. The number of hydrogen-bond acceptors (Lipinski definition) is 5. The number of carbonyl (C=O) groups excluding carboxylic acids is 2. The molecule has 1 fully saturated rings. The van der Waals surface area contributed by atoms with Gasteiger partial charge in [-0.3, -0.25) is 9.59 Å². The normalized spacial score (nSPS) is 16.3. The third-order valence-electron chi connectivity index (χ3n) is 4.74. The van der Waals surface area contributed by atoms with Gasteiger partial charge in [-0.05, 0) is 42.7 Å². The van der Waals surface area contributed by atoms with Crippen molar-refractivity contribution >= 4 is 46.6 Å². The lowest BCUT2D eigenvalue weighted by atomic mass is 10.1. The molecule has 2 heterocycles. The monoisotopic (exact) mass is 427 g/mol. The van der Waals surface area contributed by atoms with Crippen LogP contribution >= 0.6 is 23.4 Å². The highest BCUT2D eigenvalue weighted by Gasteiger charge is 2.35. The van der Waals surface area contributed by atoms with E-state index in [9.17, 15) is 9.59 Å². The van der Waals surface area contributed by atoms with Crippen LogP contribution in [0.2, 0.25) is 5.02 Å². The van der Waals surface area contributed by atoms with Crippen molar-refractivity contribution in [1.29, 1.82) is 0 Å². The van der Waals surface area contributed by atoms with E-state index in [1.165, 1.54) is 6.33 Å². The molecule has 3 aromatic rings. The second kappa shape index (κ2) is 8.26. The van der Waals surface area contributed by atoms with Gasteiger partial charge in [-0.15, -0.1) is 11.8 Å². The van der Waals surface area contributed by atoms with Gasteiger partial charge in [0, 0.05) is 28.6 Å². The number of carbonyl (C=O) groups is 2. The molecule has 0 spiro atoms. The Bertz CT molecular complexity index is 1060. The summed E-state index contributed by atoms with van der Waals surface area (Å²) in [7, 11) is 0. The van der Waals surface area contributed by atoms with Crippen molar-refractivity contribution in [2.24, 2.45) is 5.92 Å². The molecule has 1 saturated heterocycles. The second-order valence-corrected chi connectivity index (χ2v) is 7.91. The Balaban J connectivity index is 1.53. The average Bonchev–Trinajstić information content (AvgIpc) is 3.38. The number of halogens is 1. The third-order valence-corrected chi connectivity index (χ3v) is 5.70. The number of benzene rings is 2. The summed E-state index contributed by atoms with van der Waals surface area (Å²) in [5, 5.41) is 7.50. The minimum atomic E-state index is -0.456. The molecular weight excluding hydrogens is 410 g/mol. The molecule has 0 saturated carbocycles. The quantitative estimate of drug-likeness (QED) is 0.629. The Morgan fingerprint density at radius 3 is 2.90 bits per heavy atom. The van der Waals surface area contributed by atoms with Gasteiger partial charge < -0.3 is 10.2 Å². The van der Waals surface area contributed by atoms with Gasteiger partial charge in [0.25, 0.3) is 0 Å². The highest BCUT2D eigenvalue weighted by molar-refractivity contribution is 7.98. The first kappa shape index (κ1) is 19.5. The number of anilines is 2. The van der Waals surface area contributed by atoms with E-state index in [4.69, 9.17) is 11.6 Å². The maximum absolute atomic E-state index is 12.9. The molecule has 1 unspecified atom stereocenters. The van der Waals surface area contributed by atoms with Crippen molar-refractivity contribution in [3.63, 3.8) is 0 Å². The van der Waals surface area contributed by atoms with Crippen LogP contribution in [-0.2, 0) is 9.59 Å². The molecular formula is C20H18ClN5O2S. The van der Waals surface area contributed by atoms with Crippen LogP contribution in [0.1, 0.15) is 6.42 Å². The highest BCUT2D eigenvalue weighted by atomic mass is 35.5. The van der Waals surface area contributed by atoms with Gasteiger partial charge in [0.05, 0.1) is 17.3 Å². The second-order valence-electron chi connectivity index (χ2n) is 6.60. The summed E-state index contributed by atoms with van der Waals surface area (Å²) < 4.78 is 1.55. The molecule has 9 heteroatoms. The zero-order valence-electron chi connectivity index (χ0n) is 15.6. The largest absolute Gasteiger partial charge is 0.324 e. The molecule has 1 aromatic heterocycles. The van der Waals surface area contributed by atoms with E-state index < -0.39 is 5.92 Å². The lowest BCUT2D eigenvalue weighted by Gasteiger charge is -2.18. The van der Waals surface area contributed by atoms with E-state index >= 15 is 0 Å². The molecule has 2 aromatic carbocycles. The van der Waals surface area contributed by atoms with Crippen LogP contribution in [-0.4, -0.2) is 39.4 Å². The molecule has 0 bridgehead atoms. The predicted octanol–water partition coefficient (Wildman–Crippen LogP) is 3.63. The highest BCUT2D eigenvalue weighted by Crippen LogP contribution is 2.30. The molecule has 1 aliphatic heterocycles. The fourth-order valence-electron chi connectivity index (χ4n) is 3.29. The molecule has 4 rings (SSSR count). The fraction of sp³-hybridized carbons (Fsp3) is 0.200. The minimum Gasteiger partial charge on any atom is -0.324 e. The molecule has 1 atom stereocenters. The maximum Gasteiger partial charge on any atom is 0.229 e. The summed E-state index contributed by atoms with van der Waals surface area (Å²) in [4.78, 5) is 32.1.